The van der Waals surface area contributed by atoms with Crippen LogP contribution in [0.4, 0.5) is 0 Å². The number of carbonyl (C=O) groups is 2. The number of amides is 2. The number of aliphatic hydroxyl groups excluding tert-OH is 1. The fraction of sp³-hybridized carbons (Fsp3) is 0.833. The Labute approximate surface area is 95.6 Å². The molecule has 90 valence electrons. The largest absolute Gasteiger partial charge is 0.396 e. The molecule has 1 aliphatic heterocycles. The molecule has 4 nitrogen and oxygen atoms in total. The quantitative estimate of drug-likeness (QED) is 0.722. The number of imide groups is 1. The number of hydrogen-bond donors (Lipinski definition) is 1. The van der Waals surface area contributed by atoms with Crippen LogP contribution < -0.4 is 0 Å². The van der Waals surface area contributed by atoms with Gasteiger partial charge in [0, 0.05) is 30.4 Å². The van der Waals surface area contributed by atoms with E-state index in [-0.39, 0.29) is 30.3 Å². The highest BCUT2D eigenvalue weighted by atomic mass is 16.3. The molecule has 2 unspecified atom stereocenters. The van der Waals surface area contributed by atoms with E-state index < -0.39 is 5.41 Å². The van der Waals surface area contributed by atoms with Crippen molar-refractivity contribution in [2.24, 2.45) is 17.3 Å². The maximum Gasteiger partial charge on any atom is 0.232 e. The van der Waals surface area contributed by atoms with E-state index in [0.717, 1.165) is 19.3 Å². The number of fused-ring (bicyclic) bond motifs is 2. The van der Waals surface area contributed by atoms with E-state index in [1.807, 2.05) is 13.8 Å². The maximum absolute atomic E-state index is 12.0. The Morgan fingerprint density at radius 2 is 1.75 bits per heavy atom. The zero-order valence-electron chi connectivity index (χ0n) is 9.90. The fourth-order valence-corrected chi connectivity index (χ4v) is 2.61. The molecule has 2 fully saturated rings. The van der Waals surface area contributed by atoms with Gasteiger partial charge >= 0.3 is 0 Å². The van der Waals surface area contributed by atoms with E-state index in [4.69, 9.17) is 0 Å². The van der Waals surface area contributed by atoms with Gasteiger partial charge in [0.05, 0.1) is 0 Å². The van der Waals surface area contributed by atoms with E-state index in [2.05, 4.69) is 0 Å². The molecule has 0 aromatic heterocycles. The number of likely N-dealkylation sites (tertiary alicyclic amines) is 1. The second-order valence-corrected chi connectivity index (χ2v) is 5.79. The Kier molecular flexibility index (Phi) is 2.78. The average Bonchev–Trinajstić information content (AvgIpc) is 2.69. The van der Waals surface area contributed by atoms with Crippen molar-refractivity contribution in [3.8, 4) is 0 Å². The van der Waals surface area contributed by atoms with Crippen molar-refractivity contribution in [1.29, 1.82) is 0 Å². The van der Waals surface area contributed by atoms with Crippen LogP contribution in [0.25, 0.3) is 0 Å². The summed E-state index contributed by atoms with van der Waals surface area (Å²) in [5, 5.41) is 9.20. The molecule has 0 aromatic rings. The zero-order chi connectivity index (χ0) is 11.9. The van der Waals surface area contributed by atoms with Crippen molar-refractivity contribution in [3.05, 3.63) is 0 Å². The molecule has 2 rings (SSSR count). The number of nitrogens with zero attached hydrogens (tertiary/aromatic N) is 1. The average molecular weight is 225 g/mol. The summed E-state index contributed by atoms with van der Waals surface area (Å²) >= 11 is 0. The molecule has 2 bridgehead atoms. The summed E-state index contributed by atoms with van der Waals surface area (Å²) in [6.07, 6.45) is 2.45. The highest BCUT2D eigenvalue weighted by molar-refractivity contribution is 6.00. The monoisotopic (exact) mass is 225 g/mol. The van der Waals surface area contributed by atoms with E-state index in [9.17, 15) is 14.7 Å². The Balaban J connectivity index is 2.14. The maximum atomic E-state index is 12.0. The van der Waals surface area contributed by atoms with Crippen molar-refractivity contribution in [3.63, 3.8) is 0 Å². The van der Waals surface area contributed by atoms with Crippen molar-refractivity contribution in [2.45, 2.75) is 33.1 Å². The second-order valence-electron chi connectivity index (χ2n) is 5.79. The zero-order valence-corrected chi connectivity index (χ0v) is 9.90. The number of hydrogen-bond acceptors (Lipinski definition) is 3. The number of rotatable bonds is 3. The van der Waals surface area contributed by atoms with Crippen molar-refractivity contribution in [1.82, 2.24) is 4.90 Å². The highest BCUT2D eigenvalue weighted by Gasteiger charge is 2.46. The van der Waals surface area contributed by atoms with Crippen LogP contribution in [0.2, 0.25) is 0 Å². The summed E-state index contributed by atoms with van der Waals surface area (Å²) in [7, 11) is 0. The Hall–Kier alpha value is -0.900. The van der Waals surface area contributed by atoms with E-state index in [1.165, 1.54) is 4.90 Å². The third-order valence-corrected chi connectivity index (χ3v) is 3.68. The lowest BCUT2D eigenvalue weighted by molar-refractivity contribution is -0.154. The predicted octanol–water partition coefficient (Wildman–Crippen LogP) is 0.790. The normalized spacial score (nSPS) is 30.1. The minimum Gasteiger partial charge on any atom is -0.396 e. The van der Waals surface area contributed by atoms with Gasteiger partial charge in [0.25, 0.3) is 0 Å². The van der Waals surface area contributed by atoms with Gasteiger partial charge in [0.1, 0.15) is 0 Å². The van der Waals surface area contributed by atoms with E-state index in [1.54, 1.807) is 0 Å². The molecule has 16 heavy (non-hydrogen) atoms. The van der Waals surface area contributed by atoms with Crippen LogP contribution in [0.1, 0.15) is 33.1 Å². The molecular weight excluding hydrogens is 206 g/mol. The van der Waals surface area contributed by atoms with Crippen LogP contribution in [0.5, 0.6) is 0 Å². The molecule has 1 N–H and O–H groups in total. The van der Waals surface area contributed by atoms with Crippen LogP contribution >= 0.6 is 0 Å². The molecule has 0 aromatic carbocycles. The molecule has 2 amide bonds. The molecule has 2 aliphatic rings. The number of aliphatic hydroxyl groups is 1. The Morgan fingerprint density at radius 3 is 2.19 bits per heavy atom. The van der Waals surface area contributed by atoms with Gasteiger partial charge in [-0.05, 0) is 19.3 Å². The molecule has 4 heteroatoms. The summed E-state index contributed by atoms with van der Waals surface area (Å²) in [6, 6.07) is 0. The molecule has 1 aliphatic carbocycles. The molecule has 1 saturated heterocycles. The number of carbonyl (C=O) groups excluding carboxylic acids is 2. The van der Waals surface area contributed by atoms with Crippen molar-refractivity contribution >= 4 is 11.8 Å². The molecule has 1 heterocycles. The lowest BCUT2D eigenvalue weighted by Gasteiger charge is -2.35. The minimum absolute atomic E-state index is 0.0145. The van der Waals surface area contributed by atoms with Gasteiger partial charge in [0.15, 0.2) is 0 Å². The topological polar surface area (TPSA) is 57.6 Å². The summed E-state index contributed by atoms with van der Waals surface area (Å²) in [4.78, 5) is 25.4. The first-order valence-electron chi connectivity index (χ1n) is 5.91. The first-order valence-corrected chi connectivity index (χ1v) is 5.91. The summed E-state index contributed by atoms with van der Waals surface area (Å²) in [6.45, 7) is 4.06. The van der Waals surface area contributed by atoms with Crippen molar-refractivity contribution in [2.75, 3.05) is 13.2 Å². The Morgan fingerprint density at radius 1 is 1.25 bits per heavy atom. The van der Waals surface area contributed by atoms with Gasteiger partial charge in [0.2, 0.25) is 11.8 Å². The molecule has 0 radical (unpaired) electrons. The van der Waals surface area contributed by atoms with Gasteiger partial charge in [-0.2, -0.15) is 0 Å². The molecule has 0 spiro atoms. The van der Waals surface area contributed by atoms with Gasteiger partial charge in [-0.3, -0.25) is 14.5 Å². The fourth-order valence-electron chi connectivity index (χ4n) is 2.61. The summed E-state index contributed by atoms with van der Waals surface area (Å²) < 4.78 is 0. The Bertz CT molecular complexity index is 302. The van der Waals surface area contributed by atoms with Gasteiger partial charge < -0.3 is 5.11 Å². The third kappa shape index (κ3) is 1.86. The summed E-state index contributed by atoms with van der Waals surface area (Å²) in [5.41, 5.74) is -0.401. The van der Waals surface area contributed by atoms with Gasteiger partial charge in [-0.1, -0.05) is 13.8 Å². The molecule has 2 atom stereocenters. The highest BCUT2D eigenvalue weighted by Crippen LogP contribution is 2.39. The lowest BCUT2D eigenvalue weighted by Crippen LogP contribution is -2.50. The van der Waals surface area contributed by atoms with Crippen LogP contribution in [0.3, 0.4) is 0 Å². The first-order chi connectivity index (χ1) is 7.44. The number of piperidine rings is 1. The standard InChI is InChI=1S/C12H19NO3/c1-12(2,7-14)6-13-10(15)8-3-4-9(5-8)11(13)16/h8-9,14H,3-7H2,1-2H3. The lowest BCUT2D eigenvalue weighted by atomic mass is 9.90. The second kappa shape index (κ2) is 3.84. The smallest absolute Gasteiger partial charge is 0.232 e. The third-order valence-electron chi connectivity index (χ3n) is 3.68. The van der Waals surface area contributed by atoms with Crippen LogP contribution in [-0.2, 0) is 9.59 Å². The minimum atomic E-state index is -0.401. The molecule has 1 saturated carbocycles. The van der Waals surface area contributed by atoms with Crippen LogP contribution in [-0.4, -0.2) is 35.0 Å². The van der Waals surface area contributed by atoms with Gasteiger partial charge in [-0.25, -0.2) is 0 Å². The van der Waals surface area contributed by atoms with Crippen LogP contribution in [0.15, 0.2) is 0 Å². The van der Waals surface area contributed by atoms with Crippen LogP contribution in [0, 0.1) is 17.3 Å². The summed E-state index contributed by atoms with van der Waals surface area (Å²) in [5.74, 6) is 0.0509. The SMILES string of the molecule is CC(C)(CO)CN1C(=O)C2CCC(C2)C1=O. The van der Waals surface area contributed by atoms with E-state index in [0.29, 0.717) is 6.54 Å². The predicted molar refractivity (Wildman–Crippen MR) is 58.4 cm³/mol. The van der Waals surface area contributed by atoms with E-state index >= 15 is 0 Å². The van der Waals surface area contributed by atoms with Gasteiger partial charge in [-0.15, -0.1) is 0 Å². The molecular formula is C12H19NO3. The van der Waals surface area contributed by atoms with Crippen molar-refractivity contribution < 1.29 is 14.7 Å². The first kappa shape index (κ1) is 11.6.